The highest BCUT2D eigenvalue weighted by molar-refractivity contribution is 9.10. The molecule has 0 atom stereocenters. The molecule has 1 heterocycles. The molecular formula is C11H14BrNO2. The number of fused-ring (bicyclic) bond motifs is 1. The van der Waals surface area contributed by atoms with Gasteiger partial charge in [0.1, 0.15) is 0 Å². The van der Waals surface area contributed by atoms with E-state index >= 15 is 0 Å². The van der Waals surface area contributed by atoms with Crippen molar-refractivity contribution in [2.45, 2.75) is 19.9 Å². The summed E-state index contributed by atoms with van der Waals surface area (Å²) in [7, 11) is 1.94. The van der Waals surface area contributed by atoms with Gasteiger partial charge in [0.2, 0.25) is 6.79 Å². The first kappa shape index (κ1) is 10.8. The third kappa shape index (κ3) is 1.84. The molecule has 2 rings (SSSR count). The second-order valence-electron chi connectivity index (χ2n) is 3.45. The van der Waals surface area contributed by atoms with Gasteiger partial charge in [-0.1, -0.05) is 6.92 Å². The second-order valence-corrected chi connectivity index (χ2v) is 4.24. The monoisotopic (exact) mass is 271 g/mol. The first-order chi connectivity index (χ1) is 7.27. The molecule has 0 unspecified atom stereocenters. The maximum atomic E-state index is 5.42. The Kier molecular flexibility index (Phi) is 3.17. The minimum Gasteiger partial charge on any atom is -0.454 e. The minimum absolute atomic E-state index is 0.320. The largest absolute Gasteiger partial charge is 0.454 e. The van der Waals surface area contributed by atoms with Gasteiger partial charge in [-0.15, -0.1) is 0 Å². The maximum absolute atomic E-state index is 5.42. The molecule has 15 heavy (non-hydrogen) atoms. The molecule has 0 aromatic heterocycles. The van der Waals surface area contributed by atoms with Crippen LogP contribution >= 0.6 is 15.9 Å². The highest BCUT2D eigenvalue weighted by Gasteiger charge is 2.21. The van der Waals surface area contributed by atoms with Crippen molar-refractivity contribution < 1.29 is 9.47 Å². The summed E-state index contributed by atoms with van der Waals surface area (Å²) in [6.45, 7) is 3.31. The van der Waals surface area contributed by atoms with Crippen molar-refractivity contribution in [3.05, 3.63) is 21.7 Å². The second kappa shape index (κ2) is 4.41. The van der Waals surface area contributed by atoms with Gasteiger partial charge in [-0.2, -0.15) is 0 Å². The average molecular weight is 272 g/mol. The molecule has 0 saturated heterocycles. The van der Waals surface area contributed by atoms with Crippen LogP contribution in [-0.4, -0.2) is 13.8 Å². The molecule has 82 valence electrons. The predicted octanol–water partition coefficient (Wildman–Crippen LogP) is 2.46. The van der Waals surface area contributed by atoms with E-state index in [1.807, 2.05) is 7.05 Å². The molecule has 1 N–H and O–H groups in total. The van der Waals surface area contributed by atoms with Crippen LogP contribution in [-0.2, 0) is 13.0 Å². The van der Waals surface area contributed by atoms with Gasteiger partial charge >= 0.3 is 0 Å². The van der Waals surface area contributed by atoms with Crippen molar-refractivity contribution in [2.24, 2.45) is 0 Å². The van der Waals surface area contributed by atoms with Crippen LogP contribution in [0.1, 0.15) is 18.1 Å². The Morgan fingerprint density at radius 1 is 1.47 bits per heavy atom. The fourth-order valence-corrected chi connectivity index (χ4v) is 2.67. The molecule has 0 fully saturated rings. The summed E-state index contributed by atoms with van der Waals surface area (Å²) in [6.07, 6.45) is 0.980. The molecular weight excluding hydrogens is 258 g/mol. The van der Waals surface area contributed by atoms with Gasteiger partial charge in [-0.25, -0.2) is 0 Å². The lowest BCUT2D eigenvalue weighted by Crippen LogP contribution is -2.08. The normalized spacial score (nSPS) is 13.3. The number of hydrogen-bond acceptors (Lipinski definition) is 3. The van der Waals surface area contributed by atoms with Gasteiger partial charge in [0.25, 0.3) is 0 Å². The van der Waals surface area contributed by atoms with E-state index < -0.39 is 0 Å². The lowest BCUT2D eigenvalue weighted by Gasteiger charge is -2.11. The van der Waals surface area contributed by atoms with Gasteiger partial charge in [-0.05, 0) is 46.6 Å². The summed E-state index contributed by atoms with van der Waals surface area (Å²) in [5.41, 5.74) is 2.55. The third-order valence-electron chi connectivity index (χ3n) is 2.52. The van der Waals surface area contributed by atoms with E-state index in [2.05, 4.69) is 34.2 Å². The molecule has 3 nitrogen and oxygen atoms in total. The molecule has 1 aromatic carbocycles. The zero-order valence-electron chi connectivity index (χ0n) is 8.89. The van der Waals surface area contributed by atoms with Crippen molar-refractivity contribution in [1.82, 2.24) is 5.32 Å². The van der Waals surface area contributed by atoms with E-state index in [9.17, 15) is 0 Å². The van der Waals surface area contributed by atoms with Gasteiger partial charge in [0.15, 0.2) is 11.5 Å². The Balaban J connectivity index is 2.51. The zero-order valence-corrected chi connectivity index (χ0v) is 10.5. The summed E-state index contributed by atoms with van der Waals surface area (Å²) in [6, 6.07) is 2.06. The number of hydrogen-bond donors (Lipinski definition) is 1. The van der Waals surface area contributed by atoms with Gasteiger partial charge in [0.05, 0.1) is 4.47 Å². The Morgan fingerprint density at radius 3 is 2.93 bits per heavy atom. The van der Waals surface area contributed by atoms with E-state index in [0.29, 0.717) is 6.79 Å². The number of benzene rings is 1. The zero-order chi connectivity index (χ0) is 10.8. The average Bonchev–Trinajstić information content (AvgIpc) is 2.67. The van der Waals surface area contributed by atoms with Crippen LogP contribution in [0.2, 0.25) is 0 Å². The molecule has 0 radical (unpaired) electrons. The molecule has 0 saturated carbocycles. The molecule has 4 heteroatoms. The first-order valence-electron chi connectivity index (χ1n) is 5.02. The molecule has 1 aliphatic rings. The first-order valence-corrected chi connectivity index (χ1v) is 5.81. The lowest BCUT2D eigenvalue weighted by atomic mass is 10.0. The van der Waals surface area contributed by atoms with Crippen LogP contribution in [0.25, 0.3) is 0 Å². The Morgan fingerprint density at radius 2 is 2.27 bits per heavy atom. The Hall–Kier alpha value is -0.740. The summed E-state index contributed by atoms with van der Waals surface area (Å²) in [5.74, 6) is 1.68. The van der Waals surface area contributed by atoms with Gasteiger partial charge in [-0.3, -0.25) is 0 Å². The van der Waals surface area contributed by atoms with Gasteiger partial charge < -0.3 is 14.8 Å². The van der Waals surface area contributed by atoms with Crippen LogP contribution in [0.3, 0.4) is 0 Å². The van der Waals surface area contributed by atoms with Crippen molar-refractivity contribution in [3.8, 4) is 11.5 Å². The van der Waals surface area contributed by atoms with E-state index in [-0.39, 0.29) is 0 Å². The predicted molar refractivity (Wildman–Crippen MR) is 62.4 cm³/mol. The van der Waals surface area contributed by atoms with Crippen LogP contribution in [0.4, 0.5) is 0 Å². The highest BCUT2D eigenvalue weighted by atomic mass is 79.9. The maximum Gasteiger partial charge on any atom is 0.231 e. The number of nitrogens with one attached hydrogen (secondary N) is 1. The quantitative estimate of drug-likeness (QED) is 0.916. The summed E-state index contributed by atoms with van der Waals surface area (Å²) >= 11 is 3.58. The van der Waals surface area contributed by atoms with Crippen LogP contribution in [0, 0.1) is 0 Å². The minimum atomic E-state index is 0.320. The third-order valence-corrected chi connectivity index (χ3v) is 3.36. The topological polar surface area (TPSA) is 30.5 Å². The van der Waals surface area contributed by atoms with Crippen molar-refractivity contribution >= 4 is 15.9 Å². The Bertz CT molecular complexity index is 379. The van der Waals surface area contributed by atoms with Crippen molar-refractivity contribution in [2.75, 3.05) is 13.8 Å². The van der Waals surface area contributed by atoms with E-state index in [1.54, 1.807) is 0 Å². The van der Waals surface area contributed by atoms with E-state index in [4.69, 9.17) is 9.47 Å². The van der Waals surface area contributed by atoms with Crippen LogP contribution in [0.5, 0.6) is 11.5 Å². The SMILES string of the molecule is CCc1c(CNC)cc2c(c1Br)OCO2. The number of rotatable bonds is 3. The standard InChI is InChI=1S/C11H14BrNO2/c1-3-8-7(5-13-2)4-9-11(10(8)12)15-6-14-9/h4,13H,3,5-6H2,1-2H3. The molecule has 0 aliphatic carbocycles. The molecule has 0 amide bonds. The summed E-state index contributed by atoms with van der Waals surface area (Å²) in [4.78, 5) is 0. The van der Waals surface area contributed by atoms with Crippen LogP contribution in [0.15, 0.2) is 10.5 Å². The summed E-state index contributed by atoms with van der Waals surface area (Å²) in [5, 5.41) is 3.16. The fourth-order valence-electron chi connectivity index (χ4n) is 1.82. The number of ether oxygens (including phenoxy) is 2. The van der Waals surface area contributed by atoms with Crippen molar-refractivity contribution in [3.63, 3.8) is 0 Å². The van der Waals surface area contributed by atoms with E-state index in [1.165, 1.54) is 11.1 Å². The summed E-state index contributed by atoms with van der Waals surface area (Å²) < 4.78 is 11.8. The smallest absolute Gasteiger partial charge is 0.231 e. The highest BCUT2D eigenvalue weighted by Crippen LogP contribution is 2.43. The fraction of sp³-hybridized carbons (Fsp3) is 0.455. The van der Waals surface area contributed by atoms with Gasteiger partial charge in [0, 0.05) is 6.54 Å². The lowest BCUT2D eigenvalue weighted by molar-refractivity contribution is 0.173. The molecule has 1 aromatic rings. The number of halogens is 1. The van der Waals surface area contributed by atoms with Crippen LogP contribution < -0.4 is 14.8 Å². The van der Waals surface area contributed by atoms with E-state index in [0.717, 1.165) is 28.9 Å². The molecule has 1 aliphatic heterocycles. The molecule has 0 bridgehead atoms. The molecule has 0 spiro atoms. The van der Waals surface area contributed by atoms with Crippen molar-refractivity contribution in [1.29, 1.82) is 0 Å². The Labute approximate surface area is 97.9 Å².